The molecule has 0 fully saturated rings. The lowest BCUT2D eigenvalue weighted by Crippen LogP contribution is -2.25. The van der Waals surface area contributed by atoms with Gasteiger partial charge in [0.2, 0.25) is 6.79 Å². The first-order chi connectivity index (χ1) is 9.83. The number of hydrogen-bond acceptors (Lipinski definition) is 6. The number of aliphatic hydroxyl groups excluding tert-OH is 1. The Morgan fingerprint density at radius 1 is 1.35 bits per heavy atom. The highest BCUT2D eigenvalue weighted by molar-refractivity contribution is 5.45. The Kier molecular flexibility index (Phi) is 3.80. The van der Waals surface area contributed by atoms with E-state index in [1.165, 1.54) is 0 Å². The van der Waals surface area contributed by atoms with Gasteiger partial charge in [-0.05, 0) is 17.7 Å². The van der Waals surface area contributed by atoms with Gasteiger partial charge in [0, 0.05) is 19.3 Å². The molecule has 7 nitrogen and oxygen atoms in total. The van der Waals surface area contributed by atoms with Crippen molar-refractivity contribution in [2.75, 3.05) is 19.9 Å². The van der Waals surface area contributed by atoms with Crippen LogP contribution in [0.3, 0.4) is 0 Å². The Labute approximate surface area is 116 Å². The molecule has 3 rings (SSSR count). The van der Waals surface area contributed by atoms with E-state index in [0.717, 1.165) is 11.3 Å². The predicted octanol–water partition coefficient (Wildman–Crippen LogP) is 0.330. The van der Waals surface area contributed by atoms with Gasteiger partial charge in [-0.15, -0.1) is 5.10 Å². The van der Waals surface area contributed by atoms with Gasteiger partial charge < -0.3 is 19.9 Å². The lowest BCUT2D eigenvalue weighted by Gasteiger charge is -2.12. The fourth-order valence-corrected chi connectivity index (χ4v) is 2.02. The Balaban J connectivity index is 1.48. The fraction of sp³-hybridized carbons (Fsp3) is 0.385. The fourth-order valence-electron chi connectivity index (χ4n) is 2.02. The van der Waals surface area contributed by atoms with E-state index in [-0.39, 0.29) is 6.79 Å². The molecule has 1 atom stereocenters. The van der Waals surface area contributed by atoms with Gasteiger partial charge in [0.15, 0.2) is 11.5 Å². The molecule has 106 valence electrons. The summed E-state index contributed by atoms with van der Waals surface area (Å²) in [5, 5.41) is 20.9. The Morgan fingerprint density at radius 2 is 2.25 bits per heavy atom. The Bertz CT molecular complexity index is 559. The minimum absolute atomic E-state index is 0.241. The highest BCUT2D eigenvalue weighted by Crippen LogP contribution is 2.33. The molecule has 2 N–H and O–H groups in total. The third kappa shape index (κ3) is 2.89. The summed E-state index contributed by atoms with van der Waals surface area (Å²) in [7, 11) is 0. The van der Waals surface area contributed by atoms with Crippen LogP contribution < -0.4 is 14.8 Å². The first-order valence-corrected chi connectivity index (χ1v) is 6.45. The molecule has 0 saturated heterocycles. The van der Waals surface area contributed by atoms with Gasteiger partial charge in [-0.2, -0.15) is 0 Å². The summed E-state index contributed by atoms with van der Waals surface area (Å²) in [6.45, 7) is 2.14. The average molecular weight is 276 g/mol. The quantitative estimate of drug-likeness (QED) is 0.740. The van der Waals surface area contributed by atoms with Crippen molar-refractivity contribution in [1.29, 1.82) is 0 Å². The maximum atomic E-state index is 10.1. The number of ether oxygens (including phenoxy) is 2. The lowest BCUT2D eigenvalue weighted by atomic mass is 10.1. The van der Waals surface area contributed by atoms with Gasteiger partial charge in [-0.25, -0.2) is 0 Å². The second-order valence-electron chi connectivity index (χ2n) is 4.50. The van der Waals surface area contributed by atoms with Crippen molar-refractivity contribution in [1.82, 2.24) is 20.3 Å². The third-order valence-corrected chi connectivity index (χ3v) is 3.11. The topological polar surface area (TPSA) is 81.4 Å². The van der Waals surface area contributed by atoms with Crippen molar-refractivity contribution >= 4 is 0 Å². The molecule has 1 aliphatic heterocycles. The molecule has 0 amide bonds. The van der Waals surface area contributed by atoms with E-state index in [0.29, 0.717) is 25.4 Å². The van der Waals surface area contributed by atoms with E-state index in [2.05, 4.69) is 15.6 Å². The van der Waals surface area contributed by atoms with E-state index in [1.807, 2.05) is 18.2 Å². The predicted molar refractivity (Wildman–Crippen MR) is 70.4 cm³/mol. The average Bonchev–Trinajstić information content (AvgIpc) is 3.13. The van der Waals surface area contributed by atoms with Crippen LogP contribution in [0.15, 0.2) is 30.6 Å². The summed E-state index contributed by atoms with van der Waals surface area (Å²) >= 11 is 0. The van der Waals surface area contributed by atoms with E-state index in [4.69, 9.17) is 9.47 Å². The second kappa shape index (κ2) is 5.89. The van der Waals surface area contributed by atoms with Crippen LogP contribution in [0.4, 0.5) is 0 Å². The molecule has 0 aliphatic carbocycles. The molecule has 1 aromatic heterocycles. The van der Waals surface area contributed by atoms with Gasteiger partial charge in [-0.3, -0.25) is 4.68 Å². The molecule has 0 bridgehead atoms. The summed E-state index contributed by atoms with van der Waals surface area (Å²) in [5.41, 5.74) is 0.808. The Hall–Kier alpha value is -2.12. The summed E-state index contributed by atoms with van der Waals surface area (Å²) in [6.07, 6.45) is 2.86. The minimum atomic E-state index is -0.583. The number of nitrogens with one attached hydrogen (secondary N) is 1. The molecule has 1 unspecified atom stereocenters. The lowest BCUT2D eigenvalue weighted by molar-refractivity contribution is 0.170. The molecule has 0 spiro atoms. The number of hydrogen-bond donors (Lipinski definition) is 2. The van der Waals surface area contributed by atoms with Gasteiger partial charge in [0.25, 0.3) is 0 Å². The van der Waals surface area contributed by atoms with Crippen molar-refractivity contribution in [3.8, 4) is 11.5 Å². The molecular weight excluding hydrogens is 260 g/mol. The maximum Gasteiger partial charge on any atom is 0.231 e. The summed E-state index contributed by atoms with van der Waals surface area (Å²) < 4.78 is 12.3. The van der Waals surface area contributed by atoms with Crippen LogP contribution in [0.2, 0.25) is 0 Å². The number of benzene rings is 1. The smallest absolute Gasteiger partial charge is 0.231 e. The van der Waals surface area contributed by atoms with E-state index < -0.39 is 6.10 Å². The number of aromatic nitrogens is 3. The zero-order valence-electron chi connectivity index (χ0n) is 10.9. The van der Waals surface area contributed by atoms with E-state index >= 15 is 0 Å². The molecule has 0 saturated carbocycles. The first-order valence-electron chi connectivity index (χ1n) is 6.45. The molecule has 2 heterocycles. The van der Waals surface area contributed by atoms with Crippen molar-refractivity contribution in [2.45, 2.75) is 12.6 Å². The third-order valence-electron chi connectivity index (χ3n) is 3.11. The van der Waals surface area contributed by atoms with Gasteiger partial charge in [0.05, 0.1) is 18.8 Å². The number of rotatable bonds is 6. The molecule has 1 aliphatic rings. The highest BCUT2D eigenvalue weighted by Gasteiger charge is 2.16. The van der Waals surface area contributed by atoms with Crippen LogP contribution in [-0.2, 0) is 6.54 Å². The maximum absolute atomic E-state index is 10.1. The molecular formula is C13H16N4O3. The second-order valence-corrected chi connectivity index (χ2v) is 4.50. The van der Waals surface area contributed by atoms with Crippen LogP contribution in [0, 0.1) is 0 Å². The number of fused-ring (bicyclic) bond motifs is 1. The number of aliphatic hydroxyl groups is 1. The van der Waals surface area contributed by atoms with Crippen LogP contribution in [0.5, 0.6) is 11.5 Å². The van der Waals surface area contributed by atoms with Crippen LogP contribution >= 0.6 is 0 Å². The van der Waals surface area contributed by atoms with E-state index in [9.17, 15) is 5.11 Å². The zero-order valence-corrected chi connectivity index (χ0v) is 10.9. The zero-order chi connectivity index (χ0) is 13.8. The van der Waals surface area contributed by atoms with Crippen molar-refractivity contribution in [3.63, 3.8) is 0 Å². The summed E-state index contributed by atoms with van der Waals surface area (Å²) in [4.78, 5) is 0. The van der Waals surface area contributed by atoms with Gasteiger partial charge in [0.1, 0.15) is 0 Å². The molecule has 0 radical (unpaired) electrons. The van der Waals surface area contributed by atoms with E-state index in [1.54, 1.807) is 17.1 Å². The van der Waals surface area contributed by atoms with Gasteiger partial charge in [-0.1, -0.05) is 11.3 Å². The largest absolute Gasteiger partial charge is 0.454 e. The SMILES string of the molecule is OC(CNCCn1ccnn1)c1ccc2c(c1)OCO2. The first kappa shape index (κ1) is 12.9. The van der Waals surface area contributed by atoms with Crippen LogP contribution in [-0.4, -0.2) is 40.0 Å². The summed E-state index contributed by atoms with van der Waals surface area (Å²) in [6, 6.07) is 5.47. The van der Waals surface area contributed by atoms with Crippen LogP contribution in [0.1, 0.15) is 11.7 Å². The molecule has 7 heteroatoms. The van der Waals surface area contributed by atoms with Gasteiger partial charge >= 0.3 is 0 Å². The minimum Gasteiger partial charge on any atom is -0.454 e. The Morgan fingerprint density at radius 3 is 3.10 bits per heavy atom. The number of nitrogens with zero attached hydrogens (tertiary/aromatic N) is 3. The highest BCUT2D eigenvalue weighted by atomic mass is 16.7. The van der Waals surface area contributed by atoms with Crippen molar-refractivity contribution in [3.05, 3.63) is 36.2 Å². The molecule has 20 heavy (non-hydrogen) atoms. The van der Waals surface area contributed by atoms with Crippen molar-refractivity contribution in [2.24, 2.45) is 0 Å². The molecule has 1 aromatic carbocycles. The monoisotopic (exact) mass is 276 g/mol. The standard InChI is InChI=1S/C13H16N4O3/c18-11(8-14-3-5-17-6-4-15-16-17)10-1-2-12-13(7-10)20-9-19-12/h1-2,4,6-7,11,14,18H,3,5,8-9H2. The van der Waals surface area contributed by atoms with Crippen molar-refractivity contribution < 1.29 is 14.6 Å². The normalized spacial score (nSPS) is 14.4. The molecule has 2 aromatic rings. The van der Waals surface area contributed by atoms with Crippen LogP contribution in [0.25, 0.3) is 0 Å². The summed E-state index contributed by atoms with van der Waals surface area (Å²) in [5.74, 6) is 1.41.